The molecule has 108 valence electrons. The molecule has 1 aromatic rings. The van der Waals surface area contributed by atoms with Crippen molar-refractivity contribution in [1.29, 1.82) is 0 Å². The Hall–Kier alpha value is -2.27. The summed E-state index contributed by atoms with van der Waals surface area (Å²) in [4.78, 5) is 28.9. The van der Waals surface area contributed by atoms with E-state index >= 15 is 0 Å². The van der Waals surface area contributed by atoms with E-state index < -0.39 is 17.6 Å². The summed E-state index contributed by atoms with van der Waals surface area (Å²) in [6, 6.07) is 2.59. The summed E-state index contributed by atoms with van der Waals surface area (Å²) in [5, 5.41) is 2.58. The van der Waals surface area contributed by atoms with Crippen molar-refractivity contribution >= 4 is 17.7 Å². The zero-order chi connectivity index (χ0) is 15.3. The first-order chi connectivity index (χ1) is 9.40. The van der Waals surface area contributed by atoms with Gasteiger partial charge in [-0.2, -0.15) is 9.59 Å². The number of nitrogens with one attached hydrogen (secondary N) is 1. The number of hydrogen-bond acceptors (Lipinski definition) is 4. The van der Waals surface area contributed by atoms with Crippen LogP contribution in [0.4, 0.5) is 14.5 Å². The van der Waals surface area contributed by atoms with Crippen LogP contribution >= 0.6 is 0 Å². The maximum atomic E-state index is 13.8. The number of benzene rings is 1. The molecule has 1 aliphatic rings. The number of carbonyl (C=O) groups excluding carboxylic acids is 3. The van der Waals surface area contributed by atoms with E-state index in [0.717, 1.165) is 0 Å². The highest BCUT2D eigenvalue weighted by atomic mass is 19.1. The molecule has 0 radical (unpaired) electrons. The number of nitrogens with zero attached hydrogens (tertiary/aromatic N) is 1. The Labute approximate surface area is 114 Å². The molecule has 20 heavy (non-hydrogen) atoms. The molecule has 7 heteroatoms. The molecule has 1 heterocycles. The summed E-state index contributed by atoms with van der Waals surface area (Å²) in [5.41, 5.74) is 0.481. The summed E-state index contributed by atoms with van der Waals surface area (Å²) in [7, 11) is 3.43. The first-order valence-corrected chi connectivity index (χ1v) is 5.83. The zero-order valence-electron chi connectivity index (χ0n) is 11.1. The lowest BCUT2D eigenvalue weighted by atomic mass is 9.96. The zero-order valence-corrected chi connectivity index (χ0v) is 11.1. The Kier molecular flexibility index (Phi) is 5.34. The Morgan fingerprint density at radius 2 is 1.75 bits per heavy atom. The van der Waals surface area contributed by atoms with Crippen molar-refractivity contribution in [3.8, 4) is 0 Å². The molecule has 0 aromatic heterocycles. The van der Waals surface area contributed by atoms with Crippen LogP contribution in [0.3, 0.4) is 0 Å². The lowest BCUT2D eigenvalue weighted by Gasteiger charge is -2.16. The number of amides is 1. The van der Waals surface area contributed by atoms with E-state index in [4.69, 9.17) is 9.59 Å². The van der Waals surface area contributed by atoms with Gasteiger partial charge in [-0.15, -0.1) is 0 Å². The van der Waals surface area contributed by atoms with Gasteiger partial charge in [-0.25, -0.2) is 8.78 Å². The minimum absolute atomic E-state index is 0.00829. The second kappa shape index (κ2) is 6.77. The van der Waals surface area contributed by atoms with Gasteiger partial charge in [-0.3, -0.25) is 4.79 Å². The predicted molar refractivity (Wildman–Crippen MR) is 66.1 cm³/mol. The molecule has 1 aromatic carbocycles. The molecule has 1 saturated heterocycles. The number of halogens is 2. The molecule has 0 aliphatic carbocycles. The minimum Gasteiger partial charge on any atom is -0.377 e. The Morgan fingerprint density at radius 1 is 1.25 bits per heavy atom. The van der Waals surface area contributed by atoms with E-state index in [9.17, 15) is 13.6 Å². The summed E-state index contributed by atoms with van der Waals surface area (Å²) < 4.78 is 27.7. The molecule has 0 spiro atoms. The number of anilines is 1. The molecular weight excluding hydrogens is 270 g/mol. The summed E-state index contributed by atoms with van der Waals surface area (Å²) in [6.45, 7) is 0.300. The van der Waals surface area contributed by atoms with Gasteiger partial charge in [0.2, 0.25) is 5.91 Å². The first kappa shape index (κ1) is 15.8. The molecule has 0 saturated carbocycles. The van der Waals surface area contributed by atoms with Gasteiger partial charge in [0.15, 0.2) is 0 Å². The van der Waals surface area contributed by atoms with Crippen LogP contribution in [-0.4, -0.2) is 32.7 Å². The van der Waals surface area contributed by atoms with Gasteiger partial charge in [0.05, 0.1) is 0 Å². The topological polar surface area (TPSA) is 66.5 Å². The lowest BCUT2D eigenvalue weighted by Crippen LogP contribution is -2.15. The lowest BCUT2D eigenvalue weighted by molar-refractivity contribution is -0.191. The first-order valence-electron chi connectivity index (χ1n) is 5.83. The third-order valence-corrected chi connectivity index (χ3v) is 2.97. The molecule has 1 fully saturated rings. The van der Waals surface area contributed by atoms with Crippen LogP contribution in [0.2, 0.25) is 0 Å². The van der Waals surface area contributed by atoms with E-state index in [1.54, 1.807) is 19.0 Å². The van der Waals surface area contributed by atoms with E-state index in [1.807, 2.05) is 0 Å². The molecule has 1 aliphatic heterocycles. The van der Waals surface area contributed by atoms with Gasteiger partial charge < -0.3 is 10.2 Å². The summed E-state index contributed by atoms with van der Waals surface area (Å²) in [6.07, 6.45) is 0.398. The van der Waals surface area contributed by atoms with Gasteiger partial charge in [0, 0.05) is 44.2 Å². The third-order valence-electron chi connectivity index (χ3n) is 2.97. The Morgan fingerprint density at radius 3 is 2.10 bits per heavy atom. The number of carbonyl (C=O) groups is 1. The largest absolute Gasteiger partial charge is 0.377 e. The Bertz CT molecular complexity index is 517. The molecule has 1 atom stereocenters. The van der Waals surface area contributed by atoms with Gasteiger partial charge in [-0.1, -0.05) is 0 Å². The van der Waals surface area contributed by atoms with Crippen LogP contribution in [0.15, 0.2) is 12.1 Å². The molecule has 0 unspecified atom stereocenters. The maximum absolute atomic E-state index is 13.8. The van der Waals surface area contributed by atoms with E-state index in [0.29, 0.717) is 12.2 Å². The monoisotopic (exact) mass is 284 g/mol. The second-order valence-corrected chi connectivity index (χ2v) is 4.51. The highest BCUT2D eigenvalue weighted by molar-refractivity contribution is 5.79. The van der Waals surface area contributed by atoms with Crippen molar-refractivity contribution in [2.24, 2.45) is 0 Å². The van der Waals surface area contributed by atoms with E-state index in [-0.39, 0.29) is 24.0 Å². The van der Waals surface area contributed by atoms with Crippen LogP contribution in [-0.2, 0) is 14.4 Å². The quantitative estimate of drug-likeness (QED) is 0.881. The average Bonchev–Trinajstić information content (AvgIpc) is 2.75. The third kappa shape index (κ3) is 3.61. The fraction of sp³-hybridized carbons (Fsp3) is 0.385. The van der Waals surface area contributed by atoms with Gasteiger partial charge in [0.1, 0.15) is 11.6 Å². The fourth-order valence-electron chi connectivity index (χ4n) is 2.03. The average molecular weight is 284 g/mol. The maximum Gasteiger partial charge on any atom is 0.373 e. The number of hydrogen-bond donors (Lipinski definition) is 1. The summed E-state index contributed by atoms with van der Waals surface area (Å²) >= 11 is 0. The number of rotatable bonds is 2. The van der Waals surface area contributed by atoms with E-state index in [2.05, 4.69) is 5.32 Å². The molecule has 1 amide bonds. The van der Waals surface area contributed by atoms with Crippen LogP contribution in [0.1, 0.15) is 17.9 Å². The molecule has 2 rings (SSSR count). The Balaban J connectivity index is 0.000000612. The molecule has 1 N–H and O–H groups in total. The highest BCUT2D eigenvalue weighted by Crippen LogP contribution is 2.30. The fourth-order valence-corrected chi connectivity index (χ4v) is 2.03. The van der Waals surface area contributed by atoms with Crippen LogP contribution in [0.5, 0.6) is 0 Å². The van der Waals surface area contributed by atoms with Crippen molar-refractivity contribution in [1.82, 2.24) is 5.32 Å². The van der Waals surface area contributed by atoms with Gasteiger partial charge in [0.25, 0.3) is 0 Å². The SMILES string of the molecule is CN(C)c1cc(F)c([C@@H]2CNC(=O)C2)c(F)c1.O=C=O. The smallest absolute Gasteiger partial charge is 0.373 e. The van der Waals surface area contributed by atoms with Crippen molar-refractivity contribution in [2.75, 3.05) is 25.5 Å². The van der Waals surface area contributed by atoms with Crippen molar-refractivity contribution < 1.29 is 23.2 Å². The van der Waals surface area contributed by atoms with E-state index in [1.165, 1.54) is 12.1 Å². The van der Waals surface area contributed by atoms with Crippen molar-refractivity contribution in [3.05, 3.63) is 29.3 Å². The van der Waals surface area contributed by atoms with Gasteiger partial charge >= 0.3 is 6.15 Å². The van der Waals surface area contributed by atoms with Gasteiger partial charge in [-0.05, 0) is 12.1 Å². The highest BCUT2D eigenvalue weighted by Gasteiger charge is 2.28. The van der Waals surface area contributed by atoms with Crippen molar-refractivity contribution in [3.63, 3.8) is 0 Å². The second-order valence-electron chi connectivity index (χ2n) is 4.51. The molecule has 0 bridgehead atoms. The minimum atomic E-state index is -0.588. The molecule has 5 nitrogen and oxygen atoms in total. The van der Waals surface area contributed by atoms with Crippen LogP contribution in [0.25, 0.3) is 0 Å². The standard InChI is InChI=1S/C12H14F2N2O.CO2/c1-16(2)8-4-9(13)12(10(14)5-8)7-3-11(17)15-6-7;2-1-3/h4-5,7H,3,6H2,1-2H3,(H,15,17);/t7-;/m0./s1. The summed E-state index contributed by atoms with van der Waals surface area (Å²) in [5.74, 6) is -1.74. The van der Waals surface area contributed by atoms with Crippen LogP contribution < -0.4 is 10.2 Å². The van der Waals surface area contributed by atoms with Crippen LogP contribution in [0, 0.1) is 11.6 Å². The normalized spacial score (nSPS) is 16.8. The predicted octanol–water partition coefficient (Wildman–Crippen LogP) is 1.05. The van der Waals surface area contributed by atoms with Crippen molar-refractivity contribution in [2.45, 2.75) is 12.3 Å². The molecular formula is C13H14F2N2O3.